The van der Waals surface area contributed by atoms with Crippen LogP contribution in [-0.2, 0) is 14.3 Å². The molecule has 22 heavy (non-hydrogen) atoms. The van der Waals surface area contributed by atoms with Crippen molar-refractivity contribution in [2.24, 2.45) is 5.92 Å². The van der Waals surface area contributed by atoms with Crippen molar-refractivity contribution in [2.75, 3.05) is 27.4 Å². The zero-order valence-electron chi connectivity index (χ0n) is 13.0. The van der Waals surface area contributed by atoms with Crippen LogP contribution in [0.25, 0.3) is 0 Å². The van der Waals surface area contributed by atoms with Crippen molar-refractivity contribution < 1.29 is 14.3 Å². The molecule has 0 spiro atoms. The van der Waals surface area contributed by atoms with Gasteiger partial charge in [-0.25, -0.2) is 0 Å². The number of fused-ring (bicyclic) bond motifs is 1. The first kappa shape index (κ1) is 15.0. The molecule has 0 amide bonds. The summed E-state index contributed by atoms with van der Waals surface area (Å²) in [6.07, 6.45) is 5.45. The van der Waals surface area contributed by atoms with Gasteiger partial charge in [0, 0.05) is 40.0 Å². The topological polar surface area (TPSA) is 62.6 Å². The number of nitriles is 1. The molecule has 0 aromatic rings. The van der Waals surface area contributed by atoms with Gasteiger partial charge in [0.1, 0.15) is 17.9 Å². The van der Waals surface area contributed by atoms with Crippen molar-refractivity contribution in [1.82, 2.24) is 4.90 Å². The van der Waals surface area contributed by atoms with Crippen LogP contribution in [0.4, 0.5) is 0 Å². The third-order valence-corrected chi connectivity index (χ3v) is 4.58. The fourth-order valence-corrected chi connectivity index (χ4v) is 3.47. The van der Waals surface area contributed by atoms with Crippen LogP contribution in [0.1, 0.15) is 19.3 Å². The van der Waals surface area contributed by atoms with Crippen LogP contribution in [0.3, 0.4) is 0 Å². The standard InChI is InChI=1S/C17H20N2O3/c1-19-10-12-7-15(20)16(21-2)8-13(12)17(14(19)9-18)11-3-5-22-6-4-11/h8,10-11,16H,3-7H2,1-2H3. The Labute approximate surface area is 130 Å². The van der Waals surface area contributed by atoms with Gasteiger partial charge in [0.25, 0.3) is 0 Å². The normalized spacial score (nSPS) is 26.3. The highest BCUT2D eigenvalue weighted by Gasteiger charge is 2.35. The quantitative estimate of drug-likeness (QED) is 0.780. The summed E-state index contributed by atoms with van der Waals surface area (Å²) >= 11 is 0. The first-order valence-electron chi connectivity index (χ1n) is 7.59. The predicted octanol–water partition coefficient (Wildman–Crippen LogP) is 1.93. The van der Waals surface area contributed by atoms with Crippen molar-refractivity contribution in [1.29, 1.82) is 5.26 Å². The number of hydrogen-bond acceptors (Lipinski definition) is 5. The minimum absolute atomic E-state index is 0.0673. The maximum Gasteiger partial charge on any atom is 0.169 e. The van der Waals surface area contributed by atoms with Crippen molar-refractivity contribution in [3.8, 4) is 6.07 Å². The molecular formula is C17H20N2O3. The lowest BCUT2D eigenvalue weighted by Crippen LogP contribution is -2.32. The molecule has 5 heteroatoms. The first-order chi connectivity index (χ1) is 10.7. The average molecular weight is 300 g/mol. The first-order valence-corrected chi connectivity index (χ1v) is 7.59. The maximum absolute atomic E-state index is 12.1. The summed E-state index contributed by atoms with van der Waals surface area (Å²) < 4.78 is 10.7. The molecule has 2 heterocycles. The van der Waals surface area contributed by atoms with Gasteiger partial charge >= 0.3 is 0 Å². The van der Waals surface area contributed by atoms with E-state index in [0.717, 1.165) is 42.8 Å². The van der Waals surface area contributed by atoms with Crippen LogP contribution in [0.2, 0.25) is 0 Å². The van der Waals surface area contributed by atoms with Gasteiger partial charge in [-0.1, -0.05) is 0 Å². The Kier molecular flexibility index (Phi) is 4.14. The van der Waals surface area contributed by atoms with Gasteiger partial charge in [0.15, 0.2) is 5.78 Å². The zero-order chi connectivity index (χ0) is 15.7. The van der Waals surface area contributed by atoms with Crippen molar-refractivity contribution in [2.45, 2.75) is 25.4 Å². The SMILES string of the molecule is COC1C=C2C(=CN(C)C(C#N)=C2C2CCOCC2)CC1=O. The Morgan fingerprint density at radius 3 is 2.77 bits per heavy atom. The number of nitrogens with zero attached hydrogens (tertiary/aromatic N) is 2. The van der Waals surface area contributed by atoms with E-state index in [1.54, 1.807) is 7.11 Å². The Morgan fingerprint density at radius 2 is 2.14 bits per heavy atom. The van der Waals surface area contributed by atoms with E-state index < -0.39 is 6.10 Å². The number of methoxy groups -OCH3 is 1. The number of carbonyl (C=O) groups is 1. The second kappa shape index (κ2) is 6.07. The van der Waals surface area contributed by atoms with Gasteiger partial charge in [-0.15, -0.1) is 0 Å². The van der Waals surface area contributed by atoms with Gasteiger partial charge < -0.3 is 14.4 Å². The lowest BCUT2D eigenvalue weighted by molar-refractivity contribution is -0.126. The van der Waals surface area contributed by atoms with E-state index in [1.165, 1.54) is 0 Å². The Hall–Kier alpha value is -1.90. The molecule has 3 rings (SSSR count). The lowest BCUT2D eigenvalue weighted by Gasteiger charge is -2.36. The van der Waals surface area contributed by atoms with Gasteiger partial charge in [0.05, 0.1) is 0 Å². The van der Waals surface area contributed by atoms with Crippen molar-refractivity contribution in [3.63, 3.8) is 0 Å². The molecular weight excluding hydrogens is 280 g/mol. The molecule has 1 unspecified atom stereocenters. The van der Waals surface area contributed by atoms with E-state index in [2.05, 4.69) is 6.07 Å². The van der Waals surface area contributed by atoms with Gasteiger partial charge in [-0.05, 0) is 41.6 Å². The number of allylic oxidation sites excluding steroid dienone is 4. The molecule has 2 aliphatic heterocycles. The minimum Gasteiger partial charge on any atom is -0.381 e. The molecule has 116 valence electrons. The molecule has 5 nitrogen and oxygen atoms in total. The fourth-order valence-electron chi connectivity index (χ4n) is 3.47. The molecule has 3 aliphatic rings. The average Bonchev–Trinajstić information content (AvgIpc) is 2.54. The molecule has 1 fully saturated rings. The molecule has 0 aromatic carbocycles. The van der Waals surface area contributed by atoms with E-state index in [9.17, 15) is 10.1 Å². The molecule has 1 aliphatic carbocycles. The number of rotatable bonds is 2. The largest absolute Gasteiger partial charge is 0.381 e. The highest BCUT2D eigenvalue weighted by atomic mass is 16.5. The second-order valence-corrected chi connectivity index (χ2v) is 5.91. The third-order valence-electron chi connectivity index (χ3n) is 4.58. The zero-order valence-corrected chi connectivity index (χ0v) is 13.0. The second-order valence-electron chi connectivity index (χ2n) is 5.91. The number of carbonyl (C=O) groups excluding carboxylic acids is 1. The summed E-state index contributed by atoms with van der Waals surface area (Å²) in [5.41, 5.74) is 3.74. The van der Waals surface area contributed by atoms with Crippen molar-refractivity contribution >= 4 is 5.78 Å². The molecule has 0 aromatic heterocycles. The highest BCUT2D eigenvalue weighted by Crippen LogP contribution is 2.41. The Balaban J connectivity index is 2.08. The van der Waals surface area contributed by atoms with E-state index in [1.807, 2.05) is 24.2 Å². The van der Waals surface area contributed by atoms with E-state index in [0.29, 0.717) is 18.0 Å². The number of ether oxygens (including phenoxy) is 2. The van der Waals surface area contributed by atoms with Crippen molar-refractivity contribution in [3.05, 3.63) is 34.7 Å². The molecule has 0 saturated carbocycles. The van der Waals surface area contributed by atoms with Crippen LogP contribution >= 0.6 is 0 Å². The molecule has 1 atom stereocenters. The summed E-state index contributed by atoms with van der Waals surface area (Å²) in [4.78, 5) is 13.9. The number of Topliss-reactive ketones (excluding diaryl/α,β-unsaturated/α-hetero) is 1. The maximum atomic E-state index is 12.1. The summed E-state index contributed by atoms with van der Waals surface area (Å²) in [5.74, 6) is 0.365. The van der Waals surface area contributed by atoms with Crippen LogP contribution in [0.15, 0.2) is 34.7 Å². The highest BCUT2D eigenvalue weighted by molar-refractivity contribution is 5.91. The lowest BCUT2D eigenvalue weighted by atomic mass is 9.77. The van der Waals surface area contributed by atoms with Crippen LogP contribution in [0, 0.1) is 17.2 Å². The summed E-state index contributed by atoms with van der Waals surface area (Å²) in [5, 5.41) is 9.59. The summed E-state index contributed by atoms with van der Waals surface area (Å²) in [6.45, 7) is 1.44. The van der Waals surface area contributed by atoms with E-state index in [-0.39, 0.29) is 5.78 Å². The minimum atomic E-state index is -0.509. The number of hydrogen-bond donors (Lipinski definition) is 0. The molecule has 0 radical (unpaired) electrons. The Bertz CT molecular complexity index is 618. The smallest absolute Gasteiger partial charge is 0.169 e. The van der Waals surface area contributed by atoms with E-state index >= 15 is 0 Å². The number of ketones is 1. The Morgan fingerprint density at radius 1 is 1.41 bits per heavy atom. The van der Waals surface area contributed by atoms with Gasteiger partial charge in [-0.2, -0.15) is 5.26 Å². The van der Waals surface area contributed by atoms with Crippen LogP contribution in [0.5, 0.6) is 0 Å². The van der Waals surface area contributed by atoms with Crippen LogP contribution < -0.4 is 0 Å². The molecule has 0 bridgehead atoms. The summed E-state index contributed by atoms with van der Waals surface area (Å²) in [6, 6.07) is 2.33. The van der Waals surface area contributed by atoms with Crippen LogP contribution in [-0.4, -0.2) is 44.2 Å². The van der Waals surface area contributed by atoms with E-state index in [4.69, 9.17) is 9.47 Å². The van der Waals surface area contributed by atoms with Gasteiger partial charge in [0.2, 0.25) is 0 Å². The van der Waals surface area contributed by atoms with Gasteiger partial charge in [-0.3, -0.25) is 4.79 Å². The predicted molar refractivity (Wildman–Crippen MR) is 80.5 cm³/mol. The third kappa shape index (κ3) is 2.49. The molecule has 0 N–H and O–H groups in total. The fraction of sp³-hybridized carbons (Fsp3) is 0.529. The molecule has 1 saturated heterocycles. The monoisotopic (exact) mass is 300 g/mol. The summed E-state index contributed by atoms with van der Waals surface area (Å²) in [7, 11) is 3.42.